The van der Waals surface area contributed by atoms with Gasteiger partial charge in [0.25, 0.3) is 0 Å². The Bertz CT molecular complexity index is 187. The Morgan fingerprint density at radius 2 is 2.20 bits per heavy atom. The van der Waals surface area contributed by atoms with E-state index in [-0.39, 0.29) is 5.78 Å². The Morgan fingerprint density at radius 3 is 2.40 bits per heavy atom. The fourth-order valence-corrected chi connectivity index (χ4v) is 1.33. The zero-order valence-corrected chi connectivity index (χ0v) is 6.90. The van der Waals surface area contributed by atoms with E-state index in [4.69, 9.17) is 0 Å². The molecule has 0 radical (unpaired) electrons. The molecule has 1 aliphatic carbocycles. The number of ketones is 1. The molecular formula is C9H14O. The predicted octanol–water partition coefficient (Wildman–Crippen LogP) is 2.32. The van der Waals surface area contributed by atoms with Crippen LogP contribution in [0.5, 0.6) is 0 Å². The van der Waals surface area contributed by atoms with Gasteiger partial charge in [0.05, 0.1) is 0 Å². The highest BCUT2D eigenvalue weighted by Gasteiger charge is 2.25. The van der Waals surface area contributed by atoms with Gasteiger partial charge in [-0.15, -0.1) is 0 Å². The van der Waals surface area contributed by atoms with Gasteiger partial charge in [-0.05, 0) is 30.8 Å². The summed E-state index contributed by atoms with van der Waals surface area (Å²) in [4.78, 5) is 10.9. The predicted molar refractivity (Wildman–Crippen MR) is 41.8 cm³/mol. The zero-order chi connectivity index (χ0) is 7.78. The van der Waals surface area contributed by atoms with Crippen molar-refractivity contribution in [2.45, 2.75) is 33.6 Å². The molecule has 1 rings (SSSR count). The summed E-state index contributed by atoms with van der Waals surface area (Å²) in [6, 6.07) is 0. The molecule has 0 spiro atoms. The van der Waals surface area contributed by atoms with Gasteiger partial charge in [0.2, 0.25) is 0 Å². The van der Waals surface area contributed by atoms with Crippen LogP contribution < -0.4 is 0 Å². The highest BCUT2D eigenvalue weighted by Crippen LogP contribution is 2.36. The minimum absolute atomic E-state index is 0.241. The third kappa shape index (κ3) is 1.47. The van der Waals surface area contributed by atoms with E-state index >= 15 is 0 Å². The fourth-order valence-electron chi connectivity index (χ4n) is 1.33. The van der Waals surface area contributed by atoms with Crippen molar-refractivity contribution in [1.29, 1.82) is 0 Å². The number of hydrogen-bond donors (Lipinski definition) is 0. The van der Waals surface area contributed by atoms with Crippen molar-refractivity contribution in [2.75, 3.05) is 0 Å². The van der Waals surface area contributed by atoms with Crippen LogP contribution >= 0.6 is 0 Å². The minimum atomic E-state index is 0.241. The summed E-state index contributed by atoms with van der Waals surface area (Å²) in [5.41, 5.74) is 1.35. The van der Waals surface area contributed by atoms with Crippen LogP contribution in [0.3, 0.4) is 0 Å². The van der Waals surface area contributed by atoms with Gasteiger partial charge in [0.1, 0.15) is 0 Å². The quantitative estimate of drug-likeness (QED) is 0.543. The lowest BCUT2D eigenvalue weighted by Gasteiger charge is -2.15. The first kappa shape index (κ1) is 7.52. The average Bonchev–Trinajstić information content (AvgIpc) is 2.10. The molecule has 1 heteroatoms. The van der Waals surface area contributed by atoms with E-state index < -0.39 is 0 Å². The molecular weight excluding hydrogens is 124 g/mol. The number of Topliss-reactive ketones (excluding diaryl/α,β-unsaturated/α-hetero) is 1. The van der Waals surface area contributed by atoms with Crippen LogP contribution in [0.25, 0.3) is 0 Å². The van der Waals surface area contributed by atoms with Crippen LogP contribution in [0.1, 0.15) is 33.6 Å². The van der Waals surface area contributed by atoms with E-state index in [2.05, 4.69) is 19.9 Å². The SMILES string of the molecule is CC(=O)C1=CCC(C)(C)C1. The van der Waals surface area contributed by atoms with Gasteiger partial charge in [-0.2, -0.15) is 0 Å². The third-order valence-corrected chi connectivity index (χ3v) is 2.02. The van der Waals surface area contributed by atoms with Crippen molar-refractivity contribution >= 4 is 5.78 Å². The molecule has 0 atom stereocenters. The average molecular weight is 138 g/mol. The van der Waals surface area contributed by atoms with Gasteiger partial charge in [0, 0.05) is 0 Å². The molecule has 1 nitrogen and oxygen atoms in total. The maximum absolute atomic E-state index is 10.9. The first-order valence-electron chi connectivity index (χ1n) is 3.71. The first-order chi connectivity index (χ1) is 4.51. The number of hydrogen-bond acceptors (Lipinski definition) is 1. The van der Waals surface area contributed by atoms with Crippen LogP contribution in [-0.2, 0) is 4.79 Å². The van der Waals surface area contributed by atoms with Crippen LogP contribution in [-0.4, -0.2) is 5.78 Å². The lowest BCUT2D eigenvalue weighted by atomic mass is 9.89. The zero-order valence-electron chi connectivity index (χ0n) is 6.90. The second-order valence-corrected chi connectivity index (χ2v) is 3.83. The molecule has 0 unspecified atom stereocenters. The molecule has 0 aromatic carbocycles. The molecule has 0 aromatic rings. The van der Waals surface area contributed by atoms with E-state index in [9.17, 15) is 4.79 Å². The lowest BCUT2D eigenvalue weighted by molar-refractivity contribution is -0.113. The standard InChI is InChI=1S/C9H14O/c1-7(10)8-4-5-9(2,3)6-8/h4H,5-6H2,1-3H3. The Kier molecular flexibility index (Phi) is 1.67. The van der Waals surface area contributed by atoms with Crippen molar-refractivity contribution in [1.82, 2.24) is 0 Å². The Hall–Kier alpha value is -0.590. The summed E-state index contributed by atoms with van der Waals surface area (Å²) < 4.78 is 0. The van der Waals surface area contributed by atoms with Gasteiger partial charge in [-0.25, -0.2) is 0 Å². The number of rotatable bonds is 1. The van der Waals surface area contributed by atoms with Crippen molar-refractivity contribution in [3.63, 3.8) is 0 Å². The van der Waals surface area contributed by atoms with Crippen LogP contribution in [0.4, 0.5) is 0 Å². The smallest absolute Gasteiger partial charge is 0.155 e. The van der Waals surface area contributed by atoms with Crippen molar-refractivity contribution in [3.05, 3.63) is 11.6 Å². The molecule has 0 N–H and O–H groups in total. The molecule has 0 bridgehead atoms. The van der Waals surface area contributed by atoms with Crippen molar-refractivity contribution in [2.24, 2.45) is 5.41 Å². The Balaban J connectivity index is 2.64. The molecule has 56 valence electrons. The highest BCUT2D eigenvalue weighted by molar-refractivity contribution is 5.93. The monoisotopic (exact) mass is 138 g/mol. The second-order valence-electron chi connectivity index (χ2n) is 3.83. The van der Waals surface area contributed by atoms with Gasteiger partial charge >= 0.3 is 0 Å². The van der Waals surface area contributed by atoms with Gasteiger partial charge in [0.15, 0.2) is 5.78 Å². The number of carbonyl (C=O) groups excluding carboxylic acids is 1. The molecule has 0 heterocycles. The van der Waals surface area contributed by atoms with Crippen LogP contribution in [0, 0.1) is 5.41 Å². The van der Waals surface area contributed by atoms with E-state index in [1.54, 1.807) is 6.92 Å². The maximum atomic E-state index is 10.9. The topological polar surface area (TPSA) is 17.1 Å². The van der Waals surface area contributed by atoms with Crippen molar-refractivity contribution < 1.29 is 4.79 Å². The van der Waals surface area contributed by atoms with Gasteiger partial charge in [-0.3, -0.25) is 4.79 Å². The van der Waals surface area contributed by atoms with Crippen LogP contribution in [0.15, 0.2) is 11.6 Å². The van der Waals surface area contributed by atoms with Crippen molar-refractivity contribution in [3.8, 4) is 0 Å². The molecule has 0 saturated carbocycles. The van der Waals surface area contributed by atoms with E-state index in [1.165, 1.54) is 0 Å². The molecule has 0 aromatic heterocycles. The first-order valence-corrected chi connectivity index (χ1v) is 3.71. The number of carbonyl (C=O) groups is 1. The molecule has 1 aliphatic rings. The van der Waals surface area contributed by atoms with Crippen LogP contribution in [0.2, 0.25) is 0 Å². The Labute approximate surface area is 62.1 Å². The fraction of sp³-hybridized carbons (Fsp3) is 0.667. The summed E-state index contributed by atoms with van der Waals surface area (Å²) in [5.74, 6) is 0.241. The van der Waals surface area contributed by atoms with Gasteiger partial charge < -0.3 is 0 Å². The number of allylic oxidation sites excluding steroid dienone is 2. The normalized spacial score (nSPS) is 22.5. The second kappa shape index (κ2) is 2.22. The summed E-state index contributed by atoms with van der Waals surface area (Å²) in [6.07, 6.45) is 4.09. The Morgan fingerprint density at radius 1 is 1.60 bits per heavy atom. The van der Waals surface area contributed by atoms with E-state index in [0.29, 0.717) is 5.41 Å². The minimum Gasteiger partial charge on any atom is -0.295 e. The maximum Gasteiger partial charge on any atom is 0.155 e. The summed E-state index contributed by atoms with van der Waals surface area (Å²) >= 11 is 0. The van der Waals surface area contributed by atoms with E-state index in [0.717, 1.165) is 18.4 Å². The highest BCUT2D eigenvalue weighted by atomic mass is 16.1. The van der Waals surface area contributed by atoms with E-state index in [1.807, 2.05) is 0 Å². The summed E-state index contributed by atoms with van der Waals surface area (Å²) in [5, 5.41) is 0. The lowest BCUT2D eigenvalue weighted by Crippen LogP contribution is -2.06. The molecule has 0 aliphatic heterocycles. The summed E-state index contributed by atoms with van der Waals surface area (Å²) in [7, 11) is 0. The molecule has 10 heavy (non-hydrogen) atoms. The largest absolute Gasteiger partial charge is 0.295 e. The molecule has 0 fully saturated rings. The third-order valence-electron chi connectivity index (χ3n) is 2.02. The summed E-state index contributed by atoms with van der Waals surface area (Å²) in [6.45, 7) is 6.03. The van der Waals surface area contributed by atoms with Gasteiger partial charge in [-0.1, -0.05) is 19.9 Å². The molecule has 0 amide bonds. The molecule has 0 saturated heterocycles.